The minimum Gasteiger partial charge on any atom is -0.496 e. The highest BCUT2D eigenvalue weighted by Crippen LogP contribution is 2.30. The Morgan fingerprint density at radius 2 is 2.10 bits per heavy atom. The Hall–Kier alpha value is -3.70. The molecule has 3 aromatic rings. The fraction of sp³-hybridized carbons (Fsp3) is 0.143. The summed E-state index contributed by atoms with van der Waals surface area (Å²) in [6.07, 6.45) is 2.39. The van der Waals surface area contributed by atoms with Gasteiger partial charge in [-0.1, -0.05) is 31.2 Å². The van der Waals surface area contributed by atoms with Gasteiger partial charge in [-0.05, 0) is 24.1 Å². The van der Waals surface area contributed by atoms with Gasteiger partial charge in [0.25, 0.3) is 5.69 Å². The highest BCUT2D eigenvalue weighted by atomic mass is 32.1. The van der Waals surface area contributed by atoms with Gasteiger partial charge >= 0.3 is 0 Å². The number of allylic oxidation sites excluding steroid dienone is 1. The third kappa shape index (κ3) is 4.59. The summed E-state index contributed by atoms with van der Waals surface area (Å²) in [6.45, 7) is 2.10. The molecule has 0 atom stereocenters. The molecule has 0 saturated carbocycles. The molecule has 0 bridgehead atoms. The quantitative estimate of drug-likeness (QED) is 0.326. The van der Waals surface area contributed by atoms with Crippen molar-refractivity contribution >= 4 is 28.3 Å². The van der Waals surface area contributed by atoms with E-state index in [4.69, 9.17) is 4.74 Å². The molecule has 2 aromatic carbocycles. The molecule has 0 spiro atoms. The van der Waals surface area contributed by atoms with E-state index in [0.717, 1.165) is 17.7 Å². The molecule has 0 fully saturated rings. The van der Waals surface area contributed by atoms with Gasteiger partial charge in [-0.15, -0.1) is 11.3 Å². The van der Waals surface area contributed by atoms with Gasteiger partial charge in [0.2, 0.25) is 0 Å². The number of benzene rings is 2. The number of aryl methyl sites for hydroxylation is 1. The number of thiazole rings is 1. The van der Waals surface area contributed by atoms with Crippen molar-refractivity contribution in [2.75, 3.05) is 12.4 Å². The molecule has 0 amide bonds. The van der Waals surface area contributed by atoms with Gasteiger partial charge in [0.1, 0.15) is 28.1 Å². The van der Waals surface area contributed by atoms with Gasteiger partial charge in [-0.3, -0.25) is 10.1 Å². The predicted molar refractivity (Wildman–Crippen MR) is 114 cm³/mol. The fourth-order valence-electron chi connectivity index (χ4n) is 2.64. The molecule has 0 aliphatic rings. The van der Waals surface area contributed by atoms with Crippen molar-refractivity contribution in [1.82, 2.24) is 4.98 Å². The first-order valence-corrected chi connectivity index (χ1v) is 9.68. The second-order valence-corrected chi connectivity index (χ2v) is 6.90. The van der Waals surface area contributed by atoms with Crippen LogP contribution in [0.5, 0.6) is 5.75 Å². The summed E-state index contributed by atoms with van der Waals surface area (Å²) in [5.41, 5.74) is 3.40. The van der Waals surface area contributed by atoms with Crippen LogP contribution >= 0.6 is 11.3 Å². The van der Waals surface area contributed by atoms with Crippen LogP contribution in [0, 0.1) is 21.4 Å². The Bertz CT molecular complexity index is 1100. The second kappa shape index (κ2) is 8.99. The van der Waals surface area contributed by atoms with E-state index in [1.54, 1.807) is 6.07 Å². The van der Waals surface area contributed by atoms with E-state index in [1.807, 2.05) is 17.5 Å². The lowest BCUT2D eigenvalue weighted by molar-refractivity contribution is -0.384. The molecule has 0 aliphatic heterocycles. The lowest BCUT2D eigenvalue weighted by Crippen LogP contribution is -1.98. The molecule has 1 N–H and O–H groups in total. The van der Waals surface area contributed by atoms with Crippen LogP contribution in [0.15, 0.2) is 54.0 Å². The monoisotopic (exact) mass is 406 g/mol. The van der Waals surface area contributed by atoms with E-state index in [-0.39, 0.29) is 16.9 Å². The molecule has 146 valence electrons. The van der Waals surface area contributed by atoms with E-state index in [0.29, 0.717) is 10.8 Å². The van der Waals surface area contributed by atoms with E-state index in [2.05, 4.69) is 35.4 Å². The van der Waals surface area contributed by atoms with Crippen LogP contribution in [0.3, 0.4) is 0 Å². The highest BCUT2D eigenvalue weighted by Gasteiger charge is 2.15. The normalized spacial score (nSPS) is 11.0. The van der Waals surface area contributed by atoms with Crippen molar-refractivity contribution in [2.45, 2.75) is 13.3 Å². The third-order valence-corrected chi connectivity index (χ3v) is 5.16. The Morgan fingerprint density at radius 3 is 2.72 bits per heavy atom. The van der Waals surface area contributed by atoms with Gasteiger partial charge in [-0.25, -0.2) is 4.98 Å². The van der Waals surface area contributed by atoms with Crippen molar-refractivity contribution in [3.05, 3.63) is 74.7 Å². The van der Waals surface area contributed by atoms with Crippen LogP contribution in [0.4, 0.5) is 11.4 Å². The van der Waals surface area contributed by atoms with Crippen molar-refractivity contribution in [3.8, 4) is 23.1 Å². The zero-order chi connectivity index (χ0) is 20.8. The number of nitro groups is 1. The lowest BCUT2D eigenvalue weighted by Gasteiger charge is -2.05. The number of methoxy groups -OCH3 is 1. The van der Waals surface area contributed by atoms with Crippen LogP contribution < -0.4 is 10.1 Å². The minimum atomic E-state index is -0.508. The van der Waals surface area contributed by atoms with Gasteiger partial charge in [0.15, 0.2) is 0 Å². The maximum Gasteiger partial charge on any atom is 0.296 e. The standard InChI is InChI=1S/C21H18N4O3S/c1-3-14-4-6-15(7-5-14)19-13-29-21(24-19)16(11-22)12-23-18-9-8-17(28-2)10-20(18)25(26)27/h4-10,12-13,23H,3H2,1-2H3/b16-12+. The molecule has 29 heavy (non-hydrogen) atoms. The molecular formula is C21H18N4O3S. The number of aromatic nitrogens is 1. The number of hydrogen-bond acceptors (Lipinski definition) is 7. The van der Waals surface area contributed by atoms with Gasteiger partial charge < -0.3 is 10.1 Å². The number of nitro benzene ring substituents is 1. The number of ether oxygens (including phenoxy) is 1. The summed E-state index contributed by atoms with van der Waals surface area (Å²) in [4.78, 5) is 15.3. The summed E-state index contributed by atoms with van der Waals surface area (Å²) in [7, 11) is 1.44. The summed E-state index contributed by atoms with van der Waals surface area (Å²) >= 11 is 1.34. The average Bonchev–Trinajstić information content (AvgIpc) is 3.24. The maximum absolute atomic E-state index is 11.3. The largest absolute Gasteiger partial charge is 0.496 e. The van der Waals surface area contributed by atoms with E-state index < -0.39 is 4.92 Å². The van der Waals surface area contributed by atoms with Crippen LogP contribution in [0.25, 0.3) is 16.8 Å². The van der Waals surface area contributed by atoms with E-state index >= 15 is 0 Å². The molecule has 8 heteroatoms. The van der Waals surface area contributed by atoms with Crippen LogP contribution in [0.1, 0.15) is 17.5 Å². The molecule has 0 aliphatic carbocycles. The lowest BCUT2D eigenvalue weighted by atomic mass is 10.1. The van der Waals surface area contributed by atoms with Gasteiger partial charge in [-0.2, -0.15) is 5.26 Å². The number of nitriles is 1. The topological polar surface area (TPSA) is 101 Å². The van der Waals surface area contributed by atoms with Crippen molar-refractivity contribution in [3.63, 3.8) is 0 Å². The van der Waals surface area contributed by atoms with Crippen LogP contribution in [-0.2, 0) is 6.42 Å². The van der Waals surface area contributed by atoms with Crippen molar-refractivity contribution in [1.29, 1.82) is 5.26 Å². The van der Waals surface area contributed by atoms with Crippen LogP contribution in [-0.4, -0.2) is 17.0 Å². The summed E-state index contributed by atoms with van der Waals surface area (Å²) < 4.78 is 5.03. The van der Waals surface area contributed by atoms with Crippen molar-refractivity contribution in [2.24, 2.45) is 0 Å². The Balaban J connectivity index is 1.85. The first-order valence-electron chi connectivity index (χ1n) is 8.80. The molecule has 7 nitrogen and oxygen atoms in total. The SMILES string of the molecule is CCc1ccc(-c2csc(/C(C#N)=C/Nc3ccc(OC)cc3[N+](=O)[O-])n2)cc1. The minimum absolute atomic E-state index is 0.145. The molecule has 3 rings (SSSR count). The molecule has 0 unspecified atom stereocenters. The number of nitrogens with zero attached hydrogens (tertiary/aromatic N) is 3. The number of anilines is 1. The Morgan fingerprint density at radius 1 is 1.34 bits per heavy atom. The molecule has 1 heterocycles. The Labute approximate surface area is 172 Å². The molecule has 1 aromatic heterocycles. The number of nitrogens with one attached hydrogen (secondary N) is 1. The number of rotatable bonds is 7. The molecular weight excluding hydrogens is 388 g/mol. The first-order chi connectivity index (χ1) is 14.0. The van der Waals surface area contributed by atoms with Crippen molar-refractivity contribution < 1.29 is 9.66 Å². The van der Waals surface area contributed by atoms with E-state index in [1.165, 1.54) is 42.3 Å². The Kier molecular flexibility index (Phi) is 6.22. The average molecular weight is 406 g/mol. The zero-order valence-electron chi connectivity index (χ0n) is 15.9. The fourth-order valence-corrected chi connectivity index (χ4v) is 3.44. The number of hydrogen-bond donors (Lipinski definition) is 1. The first kappa shape index (κ1) is 20.0. The summed E-state index contributed by atoms with van der Waals surface area (Å²) in [6, 6.07) is 14.7. The maximum atomic E-state index is 11.3. The van der Waals surface area contributed by atoms with Gasteiger partial charge in [0, 0.05) is 17.1 Å². The highest BCUT2D eigenvalue weighted by molar-refractivity contribution is 7.11. The van der Waals surface area contributed by atoms with E-state index in [9.17, 15) is 15.4 Å². The van der Waals surface area contributed by atoms with Crippen LogP contribution in [0.2, 0.25) is 0 Å². The third-order valence-electron chi connectivity index (χ3n) is 4.29. The predicted octanol–water partition coefficient (Wildman–Crippen LogP) is 5.27. The second-order valence-electron chi connectivity index (χ2n) is 6.04. The smallest absolute Gasteiger partial charge is 0.296 e. The molecule has 0 radical (unpaired) electrons. The summed E-state index contributed by atoms with van der Waals surface area (Å²) in [5, 5.41) is 26.1. The zero-order valence-corrected chi connectivity index (χ0v) is 16.7. The van der Waals surface area contributed by atoms with Gasteiger partial charge in [0.05, 0.1) is 23.8 Å². The molecule has 0 saturated heterocycles. The summed E-state index contributed by atoms with van der Waals surface area (Å²) in [5.74, 6) is 0.380.